The van der Waals surface area contributed by atoms with E-state index in [-0.39, 0.29) is 17.9 Å². The molecule has 1 saturated heterocycles. The third kappa shape index (κ3) is 4.27. The first-order chi connectivity index (χ1) is 15.6. The van der Waals surface area contributed by atoms with E-state index in [1.807, 2.05) is 21.6 Å². The van der Waals surface area contributed by atoms with Crippen molar-refractivity contribution in [2.45, 2.75) is 38.1 Å². The number of rotatable bonds is 8. The van der Waals surface area contributed by atoms with Crippen LogP contribution in [0.3, 0.4) is 0 Å². The highest BCUT2D eigenvalue weighted by atomic mass is 35.5. The number of nitrogens with one attached hydrogen (secondary N) is 2. The van der Waals surface area contributed by atoms with Crippen molar-refractivity contribution in [2.75, 3.05) is 25.0 Å². The molecule has 2 aromatic heterocycles. The predicted molar refractivity (Wildman–Crippen MR) is 123 cm³/mol. The summed E-state index contributed by atoms with van der Waals surface area (Å²) in [5.41, 5.74) is 2.93. The van der Waals surface area contributed by atoms with Gasteiger partial charge in [-0.1, -0.05) is 17.7 Å². The average molecular weight is 453 g/mol. The second-order valence-corrected chi connectivity index (χ2v) is 8.73. The molecule has 1 aromatic carbocycles. The fraction of sp³-hybridized carbons (Fsp3) is 0.391. The molecule has 0 spiro atoms. The van der Waals surface area contributed by atoms with Crippen molar-refractivity contribution in [3.8, 4) is 11.3 Å². The molecule has 5 rings (SSSR count). The number of imidazole rings is 1. The Bertz CT molecular complexity index is 1170. The lowest BCUT2D eigenvalue weighted by molar-refractivity contribution is -0.127. The van der Waals surface area contributed by atoms with Crippen LogP contribution in [0.2, 0.25) is 5.02 Å². The number of anilines is 1. The minimum absolute atomic E-state index is 0.131. The van der Waals surface area contributed by atoms with Gasteiger partial charge in [-0.2, -0.15) is 0 Å². The number of halogens is 1. The molecule has 1 saturated carbocycles. The predicted octanol–water partition coefficient (Wildman–Crippen LogP) is 3.37. The number of hydrogen-bond donors (Lipinski definition) is 2. The molecule has 32 heavy (non-hydrogen) atoms. The van der Waals surface area contributed by atoms with Crippen molar-refractivity contribution < 1.29 is 9.59 Å². The SMILES string of the molecule is O=C(NC1CC1)c1ccc(-c2cnc3c(NCCCN4CCCC4=O)nccn23)cc1Cl. The first kappa shape index (κ1) is 20.8. The maximum absolute atomic E-state index is 12.3. The Kier molecular flexibility index (Phi) is 5.70. The van der Waals surface area contributed by atoms with Gasteiger partial charge in [0.1, 0.15) is 0 Å². The van der Waals surface area contributed by atoms with Gasteiger partial charge in [-0.3, -0.25) is 14.0 Å². The lowest BCUT2D eigenvalue weighted by Gasteiger charge is -2.15. The fourth-order valence-electron chi connectivity index (χ4n) is 4.02. The van der Waals surface area contributed by atoms with Gasteiger partial charge < -0.3 is 15.5 Å². The molecule has 2 aliphatic rings. The molecular weight excluding hydrogens is 428 g/mol. The molecule has 2 N–H and O–H groups in total. The number of nitrogens with zero attached hydrogens (tertiary/aromatic N) is 4. The van der Waals surface area contributed by atoms with Crippen LogP contribution in [0.25, 0.3) is 16.9 Å². The van der Waals surface area contributed by atoms with Crippen LogP contribution in [0.4, 0.5) is 5.82 Å². The minimum atomic E-state index is -0.131. The van der Waals surface area contributed by atoms with Crippen molar-refractivity contribution in [1.82, 2.24) is 24.6 Å². The second-order valence-electron chi connectivity index (χ2n) is 8.32. The zero-order valence-corrected chi connectivity index (χ0v) is 18.4. The molecule has 9 heteroatoms. The Morgan fingerprint density at radius 3 is 2.88 bits per heavy atom. The number of benzene rings is 1. The van der Waals surface area contributed by atoms with Gasteiger partial charge in [0.2, 0.25) is 5.91 Å². The lowest BCUT2D eigenvalue weighted by Crippen LogP contribution is -2.27. The van der Waals surface area contributed by atoms with E-state index in [4.69, 9.17) is 11.6 Å². The number of carbonyl (C=O) groups excluding carboxylic acids is 2. The summed E-state index contributed by atoms with van der Waals surface area (Å²) < 4.78 is 1.95. The molecule has 0 radical (unpaired) electrons. The molecule has 0 unspecified atom stereocenters. The summed E-state index contributed by atoms with van der Waals surface area (Å²) in [4.78, 5) is 35.0. The maximum atomic E-state index is 12.3. The Morgan fingerprint density at radius 1 is 1.25 bits per heavy atom. The summed E-state index contributed by atoms with van der Waals surface area (Å²) in [6.07, 6.45) is 9.90. The number of carbonyl (C=O) groups is 2. The number of fused-ring (bicyclic) bond motifs is 1. The largest absolute Gasteiger partial charge is 0.367 e. The normalized spacial score (nSPS) is 16.0. The van der Waals surface area contributed by atoms with E-state index in [9.17, 15) is 9.59 Å². The molecular formula is C23H25ClN6O2. The summed E-state index contributed by atoms with van der Waals surface area (Å²) in [5.74, 6) is 0.810. The van der Waals surface area contributed by atoms with Gasteiger partial charge >= 0.3 is 0 Å². The molecule has 1 aliphatic heterocycles. The van der Waals surface area contributed by atoms with Crippen LogP contribution in [-0.4, -0.2) is 56.8 Å². The molecule has 8 nitrogen and oxygen atoms in total. The van der Waals surface area contributed by atoms with Crippen LogP contribution < -0.4 is 10.6 Å². The summed E-state index contributed by atoms with van der Waals surface area (Å²) in [7, 11) is 0. The highest BCUT2D eigenvalue weighted by Crippen LogP contribution is 2.28. The first-order valence-electron chi connectivity index (χ1n) is 11.0. The zero-order chi connectivity index (χ0) is 22.1. The van der Waals surface area contributed by atoms with Crippen molar-refractivity contribution in [1.29, 1.82) is 0 Å². The highest BCUT2D eigenvalue weighted by molar-refractivity contribution is 6.34. The molecule has 1 aliphatic carbocycles. The van der Waals surface area contributed by atoms with Gasteiger partial charge in [0.05, 0.1) is 22.5 Å². The van der Waals surface area contributed by atoms with E-state index in [0.717, 1.165) is 50.0 Å². The topological polar surface area (TPSA) is 91.6 Å². The third-order valence-corrected chi connectivity index (χ3v) is 6.23. The number of amides is 2. The third-order valence-electron chi connectivity index (χ3n) is 5.92. The Labute approximate surface area is 191 Å². The van der Waals surface area contributed by atoms with E-state index in [0.29, 0.717) is 35.0 Å². The van der Waals surface area contributed by atoms with Gasteiger partial charge in [-0.05, 0) is 37.8 Å². The van der Waals surface area contributed by atoms with Crippen LogP contribution in [0.5, 0.6) is 0 Å². The Hall–Kier alpha value is -3.13. The smallest absolute Gasteiger partial charge is 0.253 e. The van der Waals surface area contributed by atoms with Crippen LogP contribution in [0.15, 0.2) is 36.8 Å². The molecule has 3 heterocycles. The average Bonchev–Trinajstić information content (AvgIpc) is 3.33. The molecule has 0 bridgehead atoms. The van der Waals surface area contributed by atoms with Crippen LogP contribution in [0, 0.1) is 0 Å². The summed E-state index contributed by atoms with van der Waals surface area (Å²) in [5, 5.41) is 6.72. The first-order valence-corrected chi connectivity index (χ1v) is 11.4. The van der Waals surface area contributed by atoms with Gasteiger partial charge in [-0.15, -0.1) is 0 Å². The second kappa shape index (κ2) is 8.78. The van der Waals surface area contributed by atoms with Gasteiger partial charge in [0.25, 0.3) is 5.91 Å². The van der Waals surface area contributed by atoms with E-state index in [1.165, 1.54) is 0 Å². The van der Waals surface area contributed by atoms with Gasteiger partial charge in [0, 0.05) is 50.1 Å². The summed E-state index contributed by atoms with van der Waals surface area (Å²) in [6, 6.07) is 5.73. The van der Waals surface area contributed by atoms with Crippen molar-refractivity contribution in [3.05, 3.63) is 47.4 Å². The van der Waals surface area contributed by atoms with Crippen molar-refractivity contribution in [2.24, 2.45) is 0 Å². The summed E-state index contributed by atoms with van der Waals surface area (Å²) in [6.45, 7) is 2.32. The van der Waals surface area contributed by atoms with Crippen molar-refractivity contribution >= 4 is 34.9 Å². The lowest BCUT2D eigenvalue weighted by atomic mass is 10.1. The van der Waals surface area contributed by atoms with E-state index < -0.39 is 0 Å². The van der Waals surface area contributed by atoms with E-state index in [2.05, 4.69) is 20.6 Å². The van der Waals surface area contributed by atoms with Crippen LogP contribution in [-0.2, 0) is 4.79 Å². The number of likely N-dealkylation sites (tertiary alicyclic amines) is 1. The number of aromatic nitrogens is 3. The van der Waals surface area contributed by atoms with Gasteiger partial charge in [-0.25, -0.2) is 9.97 Å². The fourth-order valence-corrected chi connectivity index (χ4v) is 4.29. The minimum Gasteiger partial charge on any atom is -0.367 e. The zero-order valence-electron chi connectivity index (χ0n) is 17.7. The van der Waals surface area contributed by atoms with Crippen LogP contribution in [0.1, 0.15) is 42.5 Å². The molecule has 2 amide bonds. The maximum Gasteiger partial charge on any atom is 0.253 e. The molecule has 3 aromatic rings. The number of hydrogen-bond acceptors (Lipinski definition) is 5. The van der Waals surface area contributed by atoms with Gasteiger partial charge in [0.15, 0.2) is 11.5 Å². The Morgan fingerprint density at radius 2 is 2.12 bits per heavy atom. The van der Waals surface area contributed by atoms with E-state index in [1.54, 1.807) is 24.5 Å². The Balaban J connectivity index is 1.29. The standard InChI is InChI=1S/C23H25ClN6O2/c24-18-13-15(4-7-17(18)23(32)28-16-5-6-16)19-14-27-22-21(26-9-12-30(19)22)25-8-2-11-29-10-1-3-20(29)31/h4,7,9,12-14,16H,1-3,5-6,8,10-11H2,(H,25,26)(H,28,32). The molecule has 0 atom stereocenters. The summed E-state index contributed by atoms with van der Waals surface area (Å²) >= 11 is 6.43. The molecule has 2 fully saturated rings. The highest BCUT2D eigenvalue weighted by Gasteiger charge is 2.25. The monoisotopic (exact) mass is 452 g/mol. The van der Waals surface area contributed by atoms with E-state index >= 15 is 0 Å². The molecule has 166 valence electrons. The van der Waals surface area contributed by atoms with Crippen LogP contribution >= 0.6 is 11.6 Å². The quantitative estimate of drug-likeness (QED) is 0.511. The van der Waals surface area contributed by atoms with Crippen molar-refractivity contribution in [3.63, 3.8) is 0 Å².